The Labute approximate surface area is 176 Å². The Morgan fingerprint density at radius 3 is 1.83 bits per heavy atom. The molecule has 0 aliphatic heterocycles. The molecule has 0 bridgehead atoms. The summed E-state index contributed by atoms with van der Waals surface area (Å²) in [5, 5.41) is 3.25. The van der Waals surface area contributed by atoms with Crippen molar-refractivity contribution in [1.29, 1.82) is 0 Å². The molecule has 0 saturated carbocycles. The monoisotopic (exact) mass is 401 g/mol. The summed E-state index contributed by atoms with van der Waals surface area (Å²) in [6.45, 7) is 4.36. The predicted octanol–water partition coefficient (Wildman–Crippen LogP) is 4.37. The highest BCUT2D eigenvalue weighted by molar-refractivity contribution is 5.90. The predicted molar refractivity (Wildman–Crippen MR) is 115 cm³/mol. The fourth-order valence-corrected chi connectivity index (χ4v) is 2.74. The molecule has 0 unspecified atom stereocenters. The molecule has 3 rings (SSSR count). The van der Waals surface area contributed by atoms with Gasteiger partial charge in [0.15, 0.2) is 0 Å². The van der Waals surface area contributed by atoms with Gasteiger partial charge in [0.05, 0.1) is 11.1 Å². The zero-order valence-electron chi connectivity index (χ0n) is 16.5. The van der Waals surface area contributed by atoms with Gasteiger partial charge in [-0.2, -0.15) is 0 Å². The van der Waals surface area contributed by atoms with E-state index in [4.69, 9.17) is 9.47 Å². The van der Waals surface area contributed by atoms with Crippen LogP contribution in [-0.4, -0.2) is 24.6 Å². The molecule has 5 nitrogen and oxygen atoms in total. The van der Waals surface area contributed by atoms with E-state index in [-0.39, 0.29) is 12.4 Å². The largest absolute Gasteiger partial charge is 0.460 e. The van der Waals surface area contributed by atoms with E-state index in [1.165, 1.54) is 0 Å². The van der Waals surface area contributed by atoms with Gasteiger partial charge in [0.1, 0.15) is 18.4 Å². The van der Waals surface area contributed by atoms with Crippen LogP contribution in [0.25, 0.3) is 0 Å². The van der Waals surface area contributed by atoms with Crippen molar-refractivity contribution in [3.05, 3.63) is 120 Å². The number of benzene rings is 3. The average Bonchev–Trinajstić information content (AvgIpc) is 2.80. The van der Waals surface area contributed by atoms with Crippen LogP contribution in [0.4, 0.5) is 0 Å². The van der Waals surface area contributed by atoms with E-state index >= 15 is 0 Å². The van der Waals surface area contributed by atoms with E-state index in [9.17, 15) is 9.59 Å². The quantitative estimate of drug-likeness (QED) is 0.426. The van der Waals surface area contributed by atoms with Crippen molar-refractivity contribution in [3.63, 3.8) is 0 Å². The molecule has 3 aromatic carbocycles. The minimum Gasteiger partial charge on any atom is -0.460 e. The third-order valence-corrected chi connectivity index (χ3v) is 4.41. The first-order chi connectivity index (χ1) is 14.6. The summed E-state index contributed by atoms with van der Waals surface area (Å²) in [4.78, 5) is 24.7. The second-order valence-electron chi connectivity index (χ2n) is 6.61. The number of rotatable bonds is 9. The third kappa shape index (κ3) is 6.15. The van der Waals surface area contributed by atoms with Gasteiger partial charge in [-0.05, 0) is 29.8 Å². The van der Waals surface area contributed by atoms with Crippen molar-refractivity contribution >= 4 is 11.9 Å². The minimum atomic E-state index is -0.564. The molecule has 152 valence electrons. The number of nitrogens with one attached hydrogen (secondary N) is 1. The van der Waals surface area contributed by atoms with Crippen LogP contribution in [0.5, 0.6) is 0 Å². The van der Waals surface area contributed by atoms with Crippen LogP contribution in [0, 0.1) is 0 Å². The SMILES string of the molecule is C=C(OC(=O)c1ccccc1)[C@H](COC(=O)c1ccccc1)NCc1ccccc1. The van der Waals surface area contributed by atoms with E-state index in [2.05, 4.69) is 11.9 Å². The molecule has 0 spiro atoms. The molecule has 30 heavy (non-hydrogen) atoms. The van der Waals surface area contributed by atoms with Gasteiger partial charge < -0.3 is 14.8 Å². The normalized spacial score (nSPS) is 11.3. The van der Waals surface area contributed by atoms with Crippen LogP contribution in [0.1, 0.15) is 26.3 Å². The van der Waals surface area contributed by atoms with Crippen LogP contribution in [0.15, 0.2) is 103 Å². The maximum Gasteiger partial charge on any atom is 0.343 e. The van der Waals surface area contributed by atoms with Gasteiger partial charge in [0, 0.05) is 6.54 Å². The molecule has 1 N–H and O–H groups in total. The highest BCUT2D eigenvalue weighted by Gasteiger charge is 2.20. The summed E-state index contributed by atoms with van der Waals surface area (Å²) >= 11 is 0. The maximum atomic E-state index is 12.4. The lowest BCUT2D eigenvalue weighted by Gasteiger charge is -2.21. The summed E-state index contributed by atoms with van der Waals surface area (Å²) in [5.74, 6) is -0.786. The second-order valence-corrected chi connectivity index (χ2v) is 6.61. The van der Waals surface area contributed by atoms with E-state index < -0.39 is 18.0 Å². The number of esters is 2. The average molecular weight is 401 g/mol. The molecule has 0 aliphatic carbocycles. The first-order valence-electron chi connectivity index (χ1n) is 9.59. The smallest absolute Gasteiger partial charge is 0.343 e. The van der Waals surface area contributed by atoms with Crippen molar-refractivity contribution in [3.8, 4) is 0 Å². The molecule has 0 fully saturated rings. The van der Waals surface area contributed by atoms with E-state index in [0.717, 1.165) is 5.56 Å². The number of ether oxygens (including phenoxy) is 2. The Kier molecular flexibility index (Phi) is 7.52. The van der Waals surface area contributed by atoms with Crippen LogP contribution in [0.3, 0.4) is 0 Å². The van der Waals surface area contributed by atoms with E-state index in [1.807, 2.05) is 42.5 Å². The lowest BCUT2D eigenvalue weighted by atomic mass is 10.2. The molecule has 3 aromatic rings. The molecule has 0 radical (unpaired) electrons. The van der Waals surface area contributed by atoms with Gasteiger partial charge in [-0.25, -0.2) is 9.59 Å². The van der Waals surface area contributed by atoms with Gasteiger partial charge in [-0.3, -0.25) is 0 Å². The maximum absolute atomic E-state index is 12.4. The van der Waals surface area contributed by atoms with Crippen LogP contribution in [-0.2, 0) is 16.0 Å². The Balaban J connectivity index is 1.65. The molecule has 0 saturated heterocycles. The molecule has 0 aromatic heterocycles. The van der Waals surface area contributed by atoms with Crippen molar-refractivity contribution in [1.82, 2.24) is 5.32 Å². The molecule has 0 aliphatic rings. The molecule has 1 atom stereocenters. The van der Waals surface area contributed by atoms with Gasteiger partial charge in [0.25, 0.3) is 0 Å². The highest BCUT2D eigenvalue weighted by Crippen LogP contribution is 2.11. The fraction of sp³-hybridized carbons (Fsp3) is 0.120. The molecule has 0 heterocycles. The fourth-order valence-electron chi connectivity index (χ4n) is 2.74. The van der Waals surface area contributed by atoms with Crippen molar-refractivity contribution in [2.45, 2.75) is 12.6 Å². The topological polar surface area (TPSA) is 64.6 Å². The van der Waals surface area contributed by atoms with Crippen LogP contribution in [0.2, 0.25) is 0 Å². The van der Waals surface area contributed by atoms with Crippen molar-refractivity contribution < 1.29 is 19.1 Å². The molecular weight excluding hydrogens is 378 g/mol. The Hall–Kier alpha value is -3.70. The van der Waals surface area contributed by atoms with Crippen molar-refractivity contribution in [2.75, 3.05) is 6.61 Å². The Morgan fingerprint density at radius 1 is 0.767 bits per heavy atom. The van der Waals surface area contributed by atoms with Crippen molar-refractivity contribution in [2.24, 2.45) is 0 Å². The third-order valence-electron chi connectivity index (χ3n) is 4.41. The number of hydrogen-bond donors (Lipinski definition) is 1. The summed E-state index contributed by atoms with van der Waals surface area (Å²) in [7, 11) is 0. The minimum absolute atomic E-state index is 0.0263. The first-order valence-corrected chi connectivity index (χ1v) is 9.59. The second kappa shape index (κ2) is 10.7. The Morgan fingerprint density at radius 2 is 1.27 bits per heavy atom. The van der Waals surface area contributed by atoms with E-state index in [0.29, 0.717) is 17.7 Å². The lowest BCUT2D eigenvalue weighted by Crippen LogP contribution is -2.37. The van der Waals surface area contributed by atoms with Gasteiger partial charge >= 0.3 is 11.9 Å². The summed E-state index contributed by atoms with van der Waals surface area (Å²) in [6.07, 6.45) is 0. The summed E-state index contributed by atoms with van der Waals surface area (Å²) < 4.78 is 10.9. The van der Waals surface area contributed by atoms with Gasteiger partial charge in [-0.1, -0.05) is 73.3 Å². The number of hydrogen-bond acceptors (Lipinski definition) is 5. The van der Waals surface area contributed by atoms with Crippen LogP contribution < -0.4 is 5.32 Å². The summed E-state index contributed by atoms with van der Waals surface area (Å²) in [6, 6.07) is 26.6. The van der Waals surface area contributed by atoms with Gasteiger partial charge in [0.2, 0.25) is 0 Å². The van der Waals surface area contributed by atoms with E-state index in [1.54, 1.807) is 48.5 Å². The highest BCUT2D eigenvalue weighted by atomic mass is 16.6. The van der Waals surface area contributed by atoms with Gasteiger partial charge in [-0.15, -0.1) is 0 Å². The zero-order valence-corrected chi connectivity index (χ0v) is 16.5. The lowest BCUT2D eigenvalue weighted by molar-refractivity contribution is 0.0426. The molecule has 5 heteroatoms. The summed E-state index contributed by atoms with van der Waals surface area (Å²) in [5.41, 5.74) is 1.91. The molecular formula is C25H23NO4. The van der Waals surface area contributed by atoms with Crippen LogP contribution >= 0.6 is 0 Å². The Bertz CT molecular complexity index is 972. The number of carbonyl (C=O) groups excluding carboxylic acids is 2. The molecule has 0 amide bonds. The standard InChI is InChI=1S/C25H23NO4/c1-19(30-25(28)22-15-9-4-10-16-22)23(26-17-20-11-5-2-6-12-20)18-29-24(27)21-13-7-3-8-14-21/h2-16,23,26H,1,17-18H2/t23-/m0/s1. The first kappa shape index (κ1) is 21.0. The zero-order chi connectivity index (χ0) is 21.2. The number of carbonyl (C=O) groups is 2.